The number of nitrogens with two attached hydrogens (primary N) is 1. The molecule has 3 N–H and O–H groups in total. The highest BCUT2D eigenvalue weighted by atomic mass is 79.9. The van der Waals surface area contributed by atoms with Gasteiger partial charge in [-0.3, -0.25) is 4.72 Å². The van der Waals surface area contributed by atoms with Crippen LogP contribution in [-0.2, 0) is 16.4 Å². The Balaban J connectivity index is 2.37. The lowest BCUT2D eigenvalue weighted by atomic mass is 10.1. The van der Waals surface area contributed by atoms with Crippen LogP contribution in [0.4, 0.5) is 11.4 Å². The van der Waals surface area contributed by atoms with Gasteiger partial charge in [-0.15, -0.1) is 0 Å². The van der Waals surface area contributed by atoms with Gasteiger partial charge in [-0.05, 0) is 58.2 Å². The van der Waals surface area contributed by atoms with Crippen LogP contribution in [0.1, 0.15) is 12.5 Å². The molecule has 0 fully saturated rings. The van der Waals surface area contributed by atoms with Crippen molar-refractivity contribution in [3.05, 3.63) is 50.9 Å². The Morgan fingerprint density at radius 3 is 2.48 bits per heavy atom. The average Bonchev–Trinajstić information content (AvgIpc) is 2.41. The fourth-order valence-electron chi connectivity index (χ4n) is 1.87. The maximum atomic E-state index is 12.4. The molecule has 112 valence electrons. The van der Waals surface area contributed by atoms with E-state index in [0.717, 1.165) is 12.0 Å². The second kappa shape index (κ2) is 6.37. The Hall–Kier alpha value is -1.05. The van der Waals surface area contributed by atoms with Gasteiger partial charge in [-0.2, -0.15) is 0 Å². The highest BCUT2D eigenvalue weighted by Crippen LogP contribution is 2.28. The molecule has 0 saturated carbocycles. The molecule has 0 aliphatic rings. The molecule has 0 heterocycles. The van der Waals surface area contributed by atoms with Crippen molar-refractivity contribution >= 4 is 53.3 Å². The SMILES string of the molecule is CCc1ccc(NS(=O)(=O)c2cc(Br)ccc2Br)cc1N. The van der Waals surface area contributed by atoms with E-state index in [0.29, 0.717) is 20.3 Å². The molecule has 0 aliphatic carbocycles. The normalized spacial score (nSPS) is 11.4. The van der Waals surface area contributed by atoms with Crippen molar-refractivity contribution in [2.75, 3.05) is 10.5 Å². The minimum absolute atomic E-state index is 0.162. The summed E-state index contributed by atoms with van der Waals surface area (Å²) in [5.41, 5.74) is 7.90. The lowest BCUT2D eigenvalue weighted by molar-refractivity contribution is 0.600. The number of nitrogens with one attached hydrogen (secondary N) is 1. The van der Waals surface area contributed by atoms with Crippen LogP contribution in [0.2, 0.25) is 0 Å². The van der Waals surface area contributed by atoms with Crippen molar-refractivity contribution in [2.45, 2.75) is 18.2 Å². The van der Waals surface area contributed by atoms with Crippen molar-refractivity contribution in [1.29, 1.82) is 0 Å². The summed E-state index contributed by atoms with van der Waals surface area (Å²) in [4.78, 5) is 0.162. The molecular formula is C14H14Br2N2O2S. The topological polar surface area (TPSA) is 72.2 Å². The zero-order valence-electron chi connectivity index (χ0n) is 11.2. The smallest absolute Gasteiger partial charge is 0.263 e. The number of aryl methyl sites for hydroxylation is 1. The van der Waals surface area contributed by atoms with E-state index >= 15 is 0 Å². The molecule has 7 heteroatoms. The Kier molecular flexibility index (Phi) is 4.95. The van der Waals surface area contributed by atoms with Crippen molar-refractivity contribution in [2.24, 2.45) is 0 Å². The van der Waals surface area contributed by atoms with Crippen LogP contribution in [0.15, 0.2) is 50.2 Å². The first-order chi connectivity index (χ1) is 9.83. The summed E-state index contributed by atoms with van der Waals surface area (Å²) < 4.78 is 28.6. The number of rotatable bonds is 4. The third kappa shape index (κ3) is 3.78. The van der Waals surface area contributed by atoms with Gasteiger partial charge in [0.1, 0.15) is 4.90 Å². The van der Waals surface area contributed by atoms with E-state index in [1.807, 2.05) is 13.0 Å². The molecule has 0 aliphatic heterocycles. The van der Waals surface area contributed by atoms with Gasteiger partial charge in [0.15, 0.2) is 0 Å². The molecule has 0 unspecified atom stereocenters. The lowest BCUT2D eigenvalue weighted by Gasteiger charge is -2.12. The number of hydrogen-bond acceptors (Lipinski definition) is 3. The summed E-state index contributed by atoms with van der Waals surface area (Å²) in [6.45, 7) is 1.99. The van der Waals surface area contributed by atoms with Crippen molar-refractivity contribution in [1.82, 2.24) is 0 Å². The number of halogens is 2. The van der Waals surface area contributed by atoms with Crippen LogP contribution >= 0.6 is 31.9 Å². The monoisotopic (exact) mass is 432 g/mol. The van der Waals surface area contributed by atoms with Gasteiger partial charge in [0.2, 0.25) is 0 Å². The van der Waals surface area contributed by atoms with E-state index in [9.17, 15) is 8.42 Å². The van der Waals surface area contributed by atoms with E-state index < -0.39 is 10.0 Å². The van der Waals surface area contributed by atoms with Crippen LogP contribution in [0.3, 0.4) is 0 Å². The number of sulfonamides is 1. The fraction of sp³-hybridized carbons (Fsp3) is 0.143. The molecule has 21 heavy (non-hydrogen) atoms. The third-order valence-electron chi connectivity index (χ3n) is 2.96. The van der Waals surface area contributed by atoms with Crippen LogP contribution in [-0.4, -0.2) is 8.42 Å². The first-order valence-electron chi connectivity index (χ1n) is 6.19. The number of nitrogen functional groups attached to an aromatic ring is 1. The van der Waals surface area contributed by atoms with Crippen LogP contribution in [0, 0.1) is 0 Å². The highest BCUT2D eigenvalue weighted by molar-refractivity contribution is 9.11. The third-order valence-corrected chi connectivity index (χ3v) is 5.83. The number of anilines is 2. The van der Waals surface area contributed by atoms with Gasteiger partial charge in [0.25, 0.3) is 10.0 Å². The number of hydrogen-bond donors (Lipinski definition) is 2. The number of benzene rings is 2. The predicted octanol–water partition coefficient (Wildman–Crippen LogP) is 4.16. The Labute approximate surface area is 141 Å². The Morgan fingerprint density at radius 1 is 1.14 bits per heavy atom. The highest BCUT2D eigenvalue weighted by Gasteiger charge is 2.18. The molecule has 4 nitrogen and oxygen atoms in total. The van der Waals surface area contributed by atoms with Gasteiger partial charge in [-0.25, -0.2) is 8.42 Å². The van der Waals surface area contributed by atoms with E-state index in [1.165, 1.54) is 6.07 Å². The van der Waals surface area contributed by atoms with Gasteiger partial charge in [0.05, 0.1) is 5.69 Å². The van der Waals surface area contributed by atoms with E-state index in [1.54, 1.807) is 24.3 Å². The second-order valence-corrected chi connectivity index (χ2v) is 7.87. The first-order valence-corrected chi connectivity index (χ1v) is 9.26. The van der Waals surface area contributed by atoms with Crippen molar-refractivity contribution < 1.29 is 8.42 Å². The Bertz CT molecular complexity index is 777. The fourth-order valence-corrected chi connectivity index (χ4v) is 4.43. The summed E-state index contributed by atoms with van der Waals surface area (Å²) >= 11 is 6.52. The standard InChI is InChI=1S/C14H14Br2N2O2S/c1-2-9-3-5-11(8-13(9)17)18-21(19,20)14-7-10(15)4-6-12(14)16/h3-8,18H,2,17H2,1H3. The Morgan fingerprint density at radius 2 is 1.86 bits per heavy atom. The van der Waals surface area contributed by atoms with Crippen LogP contribution in [0.25, 0.3) is 0 Å². The molecule has 0 bridgehead atoms. The molecule has 0 aromatic heterocycles. The van der Waals surface area contributed by atoms with E-state index in [4.69, 9.17) is 5.73 Å². The zero-order valence-corrected chi connectivity index (χ0v) is 15.2. The van der Waals surface area contributed by atoms with Gasteiger partial charge < -0.3 is 5.73 Å². The lowest BCUT2D eigenvalue weighted by Crippen LogP contribution is -2.14. The summed E-state index contributed by atoms with van der Waals surface area (Å²) in [5.74, 6) is 0. The molecule has 0 atom stereocenters. The maximum absolute atomic E-state index is 12.4. The van der Waals surface area contributed by atoms with Crippen molar-refractivity contribution in [3.63, 3.8) is 0 Å². The zero-order chi connectivity index (χ0) is 15.6. The molecule has 2 aromatic carbocycles. The molecular weight excluding hydrogens is 420 g/mol. The first kappa shape index (κ1) is 16.3. The van der Waals surface area contributed by atoms with Gasteiger partial charge in [-0.1, -0.05) is 28.9 Å². The van der Waals surface area contributed by atoms with Gasteiger partial charge >= 0.3 is 0 Å². The molecule has 0 amide bonds. The quantitative estimate of drug-likeness (QED) is 0.711. The van der Waals surface area contributed by atoms with Crippen LogP contribution < -0.4 is 10.5 Å². The summed E-state index contributed by atoms with van der Waals surface area (Å²) in [7, 11) is -3.69. The summed E-state index contributed by atoms with van der Waals surface area (Å²) in [6, 6.07) is 10.1. The average molecular weight is 434 g/mol. The summed E-state index contributed by atoms with van der Waals surface area (Å²) in [6.07, 6.45) is 0.802. The molecule has 0 saturated heterocycles. The molecule has 0 spiro atoms. The molecule has 0 radical (unpaired) electrons. The van der Waals surface area contributed by atoms with Crippen molar-refractivity contribution in [3.8, 4) is 0 Å². The minimum Gasteiger partial charge on any atom is -0.398 e. The molecule has 2 aromatic rings. The largest absolute Gasteiger partial charge is 0.398 e. The van der Waals surface area contributed by atoms with E-state index in [-0.39, 0.29) is 4.90 Å². The van der Waals surface area contributed by atoms with Crippen LogP contribution in [0.5, 0.6) is 0 Å². The second-order valence-electron chi connectivity index (χ2n) is 4.45. The predicted molar refractivity (Wildman–Crippen MR) is 92.9 cm³/mol. The van der Waals surface area contributed by atoms with Gasteiger partial charge in [0, 0.05) is 14.6 Å². The molecule has 2 rings (SSSR count). The minimum atomic E-state index is -3.69. The summed E-state index contributed by atoms with van der Waals surface area (Å²) in [5, 5.41) is 0. The maximum Gasteiger partial charge on any atom is 0.263 e. The van der Waals surface area contributed by atoms with E-state index in [2.05, 4.69) is 36.6 Å².